The number of aromatic nitrogens is 1. The predicted octanol–water partition coefficient (Wildman–Crippen LogP) is 15.0. The Bertz CT molecular complexity index is 4960. The van der Waals surface area contributed by atoms with Crippen LogP contribution in [0.4, 0.5) is 17.1 Å². The molecule has 4 heteroatoms. The number of fused-ring (bicyclic) bond motifs is 7. The van der Waals surface area contributed by atoms with Crippen molar-refractivity contribution >= 4 is 82.1 Å². The number of anilines is 3. The fraction of sp³-hybridized carbons (Fsp3) is 0. The summed E-state index contributed by atoms with van der Waals surface area (Å²) in [5.74, 6) is 0. The van der Waals surface area contributed by atoms with Crippen LogP contribution in [0.3, 0.4) is 0 Å². The Labute approximate surface area is 366 Å². The highest BCUT2D eigenvalue weighted by Crippen LogP contribution is 2.43. The first-order valence-corrected chi connectivity index (χ1v) is 16.8. The van der Waals surface area contributed by atoms with Gasteiger partial charge in [-0.2, -0.15) is 0 Å². The zero-order valence-corrected chi connectivity index (χ0v) is 28.0. The molecule has 0 amide bonds. The van der Waals surface area contributed by atoms with Gasteiger partial charge in [0.05, 0.1) is 54.1 Å². The van der Waals surface area contributed by atoms with Crippen LogP contribution in [-0.4, -0.2) is 4.98 Å². The van der Waals surface area contributed by atoms with Gasteiger partial charge in [0, 0.05) is 38.8 Å². The van der Waals surface area contributed by atoms with Crippen molar-refractivity contribution < 1.29 is 48.3 Å². The summed E-state index contributed by atoms with van der Waals surface area (Å²) >= 11 is 0.651. The highest BCUT2D eigenvalue weighted by Gasteiger charge is 2.18. The molecule has 0 saturated heterocycles. The molecule has 2 aromatic heterocycles. The van der Waals surface area contributed by atoms with Gasteiger partial charge in [0.15, 0.2) is 0 Å². The fourth-order valence-electron chi connectivity index (χ4n) is 5.80. The van der Waals surface area contributed by atoms with E-state index >= 15 is 0 Å². The highest BCUT2D eigenvalue weighted by atomic mass is 32.1. The van der Waals surface area contributed by atoms with Gasteiger partial charge in [-0.05, 0) is 105 Å². The van der Waals surface area contributed by atoms with Gasteiger partial charge >= 0.3 is 0 Å². The topological polar surface area (TPSA) is 29.3 Å². The Kier molecular flexibility index (Phi) is 3.05. The van der Waals surface area contributed by atoms with E-state index in [1.807, 2.05) is 0 Å². The second-order valence-corrected chi connectivity index (χ2v) is 12.5. The Morgan fingerprint density at radius 3 is 1.87 bits per heavy atom. The first kappa shape index (κ1) is 13.1. The molecule has 3 nitrogen and oxygen atoms in total. The highest BCUT2D eigenvalue weighted by molar-refractivity contribution is 7.21. The molecular formula is C51H32N2OS. The van der Waals surface area contributed by atoms with Crippen molar-refractivity contribution in [3.63, 3.8) is 0 Å². The van der Waals surface area contributed by atoms with Gasteiger partial charge in [0.1, 0.15) is 16.2 Å². The number of rotatable bonds is 6. The maximum Gasteiger partial charge on any atom is 0.143 e. The molecule has 9 aromatic carbocycles. The molecular weight excluding hydrogens is 689 g/mol. The zero-order valence-electron chi connectivity index (χ0n) is 59.2. The quantitative estimate of drug-likeness (QED) is 0.169. The van der Waals surface area contributed by atoms with E-state index in [-0.39, 0.29) is 20.8 Å². The molecule has 258 valence electrons. The Balaban J connectivity index is 1.24. The maximum atomic E-state index is 9.69. The molecule has 0 aliphatic rings. The normalized spacial score (nSPS) is 19.8. The summed E-state index contributed by atoms with van der Waals surface area (Å²) in [6, 6.07) is -30.7. The summed E-state index contributed by atoms with van der Waals surface area (Å²) in [5.41, 5.74) is -8.80. The van der Waals surface area contributed by atoms with Crippen LogP contribution in [0.2, 0.25) is 0 Å². The van der Waals surface area contributed by atoms with Crippen LogP contribution in [0, 0.1) is 0 Å². The molecule has 0 saturated carbocycles. The first-order chi connectivity index (χ1) is 40.6. The molecule has 0 N–H and O–H groups in total. The summed E-state index contributed by atoms with van der Waals surface area (Å²) in [5, 5.41) is -3.53. The van der Waals surface area contributed by atoms with Gasteiger partial charge in [-0.25, -0.2) is 4.98 Å². The summed E-state index contributed by atoms with van der Waals surface area (Å²) in [4.78, 5) is 4.75. The number of furan rings is 1. The second kappa shape index (κ2) is 12.8. The van der Waals surface area contributed by atoms with E-state index in [2.05, 4.69) is 4.98 Å². The smallest absolute Gasteiger partial charge is 0.143 e. The van der Waals surface area contributed by atoms with Crippen LogP contribution in [0.25, 0.3) is 86.5 Å². The Hall–Kier alpha value is -7.01. The number of hydrogen-bond donors (Lipinski definition) is 0. The minimum atomic E-state index is -1.29. The van der Waals surface area contributed by atoms with Gasteiger partial charge in [0.2, 0.25) is 0 Å². The lowest BCUT2D eigenvalue weighted by molar-refractivity contribution is 0.673. The summed E-state index contributed by atoms with van der Waals surface area (Å²) in [6.07, 6.45) is 0. The third kappa shape index (κ3) is 5.46. The molecule has 0 bridgehead atoms. The van der Waals surface area contributed by atoms with E-state index in [1.165, 1.54) is 0 Å². The molecule has 0 radical (unpaired) electrons. The van der Waals surface area contributed by atoms with E-state index in [0.29, 0.717) is 16.2 Å². The van der Waals surface area contributed by atoms with E-state index in [1.54, 1.807) is 0 Å². The van der Waals surface area contributed by atoms with Crippen molar-refractivity contribution in [1.29, 1.82) is 0 Å². The number of thiazole rings is 1. The van der Waals surface area contributed by atoms with Crippen molar-refractivity contribution in [2.45, 2.75) is 0 Å². The van der Waals surface area contributed by atoms with Crippen molar-refractivity contribution in [1.82, 2.24) is 4.98 Å². The standard InChI is InChI=1S/C51H32N2OS/c1-2-10-33(11-3-1)35-18-24-39(25-19-35)53(41-28-22-34-12-4-5-13-37(34)30-41)40-26-20-36(21-27-40)38-23-29-43-45-32-46(51-52-47-16-8-9-17-49(47)55-51)42-14-6-7-15-44(42)50(45)54-48(43)31-38/h1-32H/i1D,2D,3D,4D,5D,6D,7D,8D,9D,10D,11D,12D,13D,14D,15D,16D,17D,18D,19D,20D,21D,22D,23D,24D,25D,26D,27D,28D,29D,30D,31D,32D. The van der Waals surface area contributed by atoms with Gasteiger partial charge in [-0.15, -0.1) is 11.3 Å². The van der Waals surface area contributed by atoms with Gasteiger partial charge in [-0.1, -0.05) is 127 Å². The third-order valence-corrected chi connectivity index (χ3v) is 9.25. The zero-order chi connectivity index (χ0) is 64.1. The molecule has 0 atom stereocenters. The number of nitrogens with zero attached hydrogens (tertiary/aromatic N) is 2. The summed E-state index contributed by atoms with van der Waals surface area (Å²) in [6.45, 7) is 0. The molecule has 11 aromatic rings. The van der Waals surface area contributed by atoms with E-state index in [9.17, 15) is 19.2 Å². The fourth-order valence-corrected chi connectivity index (χ4v) is 6.68. The monoisotopic (exact) mass is 752 g/mol. The second-order valence-electron chi connectivity index (χ2n) is 11.5. The van der Waals surface area contributed by atoms with Crippen LogP contribution in [0.5, 0.6) is 0 Å². The molecule has 0 spiro atoms. The van der Waals surface area contributed by atoms with E-state index in [4.69, 9.17) is 29.1 Å². The number of para-hydroxylation sites is 1. The Morgan fingerprint density at radius 1 is 0.455 bits per heavy atom. The average Bonchev–Trinajstić information content (AvgIpc) is 1.68. The molecule has 11 rings (SSSR count). The molecule has 0 fully saturated rings. The van der Waals surface area contributed by atoms with Gasteiger partial charge in [-0.3, -0.25) is 0 Å². The van der Waals surface area contributed by atoms with Gasteiger partial charge in [0.25, 0.3) is 0 Å². The SMILES string of the molecule is [2H]c1c([2H])c([2H])c(-c2c([2H])c([2H])c(N(c3c([2H])c([2H])c(-c4c([2H])c([2H])c5c(oc6c7c([2H])c([2H])c([2H])c([2H])c7c(-c7nc8c([2H])c([2H])c([2H])c([2H])c8s7)c([2H])c65)c4[2H])c([2H])c3[2H])c3c([2H])c([2H])c4c([2H])c([2H])c([2H])c([2H])c4c3[2H])c([2H])c2[2H])c([2H])c1[2H]. The summed E-state index contributed by atoms with van der Waals surface area (Å²) in [7, 11) is 0. The van der Waals surface area contributed by atoms with Crippen molar-refractivity contribution in [2.24, 2.45) is 0 Å². The number of benzene rings is 9. The molecule has 0 aliphatic heterocycles. The van der Waals surface area contributed by atoms with Crippen LogP contribution >= 0.6 is 11.3 Å². The van der Waals surface area contributed by atoms with Crippen LogP contribution < -0.4 is 4.90 Å². The minimum absolute atomic E-state index is 0.0922. The average molecular weight is 753 g/mol. The van der Waals surface area contributed by atoms with Crippen molar-refractivity contribution in [2.75, 3.05) is 4.90 Å². The lowest BCUT2D eigenvalue weighted by atomic mass is 9.99. The minimum Gasteiger partial charge on any atom is -0.455 e. The largest absolute Gasteiger partial charge is 0.455 e. The lowest BCUT2D eigenvalue weighted by Crippen LogP contribution is -2.09. The number of hydrogen-bond acceptors (Lipinski definition) is 4. The third-order valence-electron chi connectivity index (χ3n) is 8.27. The lowest BCUT2D eigenvalue weighted by Gasteiger charge is -2.26. The van der Waals surface area contributed by atoms with Crippen LogP contribution in [0.15, 0.2) is 198 Å². The molecule has 55 heavy (non-hydrogen) atoms. The predicted molar refractivity (Wildman–Crippen MR) is 233 cm³/mol. The van der Waals surface area contributed by atoms with E-state index < -0.39 is 276 Å². The first-order valence-electron chi connectivity index (χ1n) is 31.9. The molecule has 0 unspecified atom stereocenters. The van der Waals surface area contributed by atoms with Crippen molar-refractivity contribution in [3.8, 4) is 32.8 Å². The summed E-state index contributed by atoms with van der Waals surface area (Å²) < 4.78 is 293. The molecule has 2 heterocycles. The van der Waals surface area contributed by atoms with Crippen LogP contribution in [0.1, 0.15) is 43.9 Å². The molecule has 0 aliphatic carbocycles. The Morgan fingerprint density at radius 2 is 1.07 bits per heavy atom. The van der Waals surface area contributed by atoms with E-state index in [0.717, 1.165) is 0 Å². The van der Waals surface area contributed by atoms with Gasteiger partial charge < -0.3 is 9.32 Å². The maximum absolute atomic E-state index is 9.69. The van der Waals surface area contributed by atoms with Crippen molar-refractivity contribution in [3.05, 3.63) is 193 Å². The van der Waals surface area contributed by atoms with Crippen LogP contribution in [-0.2, 0) is 0 Å².